The van der Waals surface area contributed by atoms with Crippen LogP contribution in [0, 0.1) is 0 Å². The molecular formula is C5H9NO2P+. The van der Waals surface area contributed by atoms with Crippen LogP contribution in [0.4, 0.5) is 0 Å². The second-order valence-electron chi connectivity index (χ2n) is 2.09. The molecule has 0 saturated carbocycles. The Kier molecular flexibility index (Phi) is 2.17. The summed E-state index contributed by atoms with van der Waals surface area (Å²) in [6.45, 7) is 0.681. The highest BCUT2D eigenvalue weighted by Crippen LogP contribution is 2.16. The lowest BCUT2D eigenvalue weighted by Crippen LogP contribution is -2.26. The van der Waals surface area contributed by atoms with Gasteiger partial charge in [0, 0.05) is 6.42 Å². The molecule has 1 unspecified atom stereocenters. The van der Waals surface area contributed by atoms with Gasteiger partial charge in [-0.05, 0) is 17.4 Å². The van der Waals surface area contributed by atoms with Gasteiger partial charge in [0.1, 0.15) is 0 Å². The summed E-state index contributed by atoms with van der Waals surface area (Å²) >= 11 is 0. The van der Waals surface area contributed by atoms with E-state index in [0.717, 1.165) is 12.8 Å². The third-order valence-electron chi connectivity index (χ3n) is 1.43. The second-order valence-corrected chi connectivity index (χ2v) is 2.82. The maximum absolute atomic E-state index is 10.8. The summed E-state index contributed by atoms with van der Waals surface area (Å²) in [5, 5.41) is 0. The SMILES string of the molecule is O=[PH+]N1CCCCC1=O. The van der Waals surface area contributed by atoms with Crippen molar-refractivity contribution < 1.29 is 9.36 Å². The number of amides is 1. The molecule has 0 spiro atoms. The first-order chi connectivity index (χ1) is 4.34. The molecule has 0 N–H and O–H groups in total. The molecule has 9 heavy (non-hydrogen) atoms. The summed E-state index contributed by atoms with van der Waals surface area (Å²) in [6.07, 6.45) is 2.54. The van der Waals surface area contributed by atoms with Gasteiger partial charge < -0.3 is 0 Å². The number of carbonyl (C=O) groups excluding carboxylic acids is 1. The fourth-order valence-corrected chi connectivity index (χ4v) is 1.37. The fourth-order valence-electron chi connectivity index (χ4n) is 0.902. The van der Waals surface area contributed by atoms with E-state index in [4.69, 9.17) is 0 Å². The first kappa shape index (κ1) is 6.69. The number of rotatable bonds is 1. The van der Waals surface area contributed by atoms with Gasteiger partial charge in [-0.3, -0.25) is 4.79 Å². The zero-order valence-electron chi connectivity index (χ0n) is 5.09. The zero-order chi connectivity index (χ0) is 6.69. The molecule has 4 heteroatoms. The number of hydrogen-bond donors (Lipinski definition) is 0. The predicted octanol–water partition coefficient (Wildman–Crippen LogP) is 0.938. The van der Waals surface area contributed by atoms with Crippen molar-refractivity contribution in [1.82, 2.24) is 4.67 Å². The van der Waals surface area contributed by atoms with E-state index in [9.17, 15) is 9.36 Å². The van der Waals surface area contributed by atoms with Gasteiger partial charge in [0.05, 0.1) is 6.54 Å². The number of hydrogen-bond acceptors (Lipinski definition) is 2. The van der Waals surface area contributed by atoms with E-state index in [-0.39, 0.29) is 5.91 Å². The Morgan fingerprint density at radius 2 is 2.22 bits per heavy atom. The van der Waals surface area contributed by atoms with Crippen molar-refractivity contribution in [2.45, 2.75) is 19.3 Å². The Morgan fingerprint density at radius 3 is 2.67 bits per heavy atom. The van der Waals surface area contributed by atoms with E-state index in [2.05, 4.69) is 0 Å². The molecule has 1 fully saturated rings. The highest BCUT2D eigenvalue weighted by Gasteiger charge is 2.22. The average Bonchev–Trinajstić information content (AvgIpc) is 1.89. The molecule has 1 atom stereocenters. The minimum Gasteiger partial charge on any atom is -0.271 e. The minimum atomic E-state index is -0.579. The highest BCUT2D eigenvalue weighted by atomic mass is 31.1. The fraction of sp³-hybridized carbons (Fsp3) is 0.800. The van der Waals surface area contributed by atoms with Crippen LogP contribution in [-0.2, 0) is 9.36 Å². The van der Waals surface area contributed by atoms with Crippen LogP contribution in [0.2, 0.25) is 0 Å². The quantitative estimate of drug-likeness (QED) is 0.516. The largest absolute Gasteiger partial charge is 0.451 e. The van der Waals surface area contributed by atoms with Crippen LogP contribution >= 0.6 is 8.61 Å². The maximum atomic E-state index is 10.8. The molecule has 0 radical (unpaired) electrons. The first-order valence-corrected chi connectivity index (χ1v) is 3.88. The lowest BCUT2D eigenvalue weighted by atomic mass is 10.2. The van der Waals surface area contributed by atoms with E-state index in [1.54, 1.807) is 0 Å². The molecule has 1 saturated heterocycles. The van der Waals surface area contributed by atoms with Crippen molar-refractivity contribution >= 4 is 14.5 Å². The van der Waals surface area contributed by atoms with Gasteiger partial charge in [0.25, 0.3) is 5.91 Å². The molecule has 3 nitrogen and oxygen atoms in total. The molecule has 1 heterocycles. The van der Waals surface area contributed by atoms with E-state index < -0.39 is 8.61 Å². The summed E-state index contributed by atoms with van der Waals surface area (Å²) in [5.74, 6) is 0.0367. The predicted molar refractivity (Wildman–Crippen MR) is 34.6 cm³/mol. The number of piperidine rings is 1. The zero-order valence-corrected chi connectivity index (χ0v) is 6.09. The van der Waals surface area contributed by atoms with Gasteiger partial charge in [0.2, 0.25) is 0 Å². The van der Waals surface area contributed by atoms with Crippen LogP contribution in [0.5, 0.6) is 0 Å². The normalized spacial score (nSPS) is 20.9. The van der Waals surface area contributed by atoms with Crippen LogP contribution in [0.25, 0.3) is 0 Å². The Balaban J connectivity index is 2.48. The van der Waals surface area contributed by atoms with Crippen LogP contribution in [0.3, 0.4) is 0 Å². The summed E-state index contributed by atoms with van der Waals surface area (Å²) in [7, 11) is -0.579. The van der Waals surface area contributed by atoms with Gasteiger partial charge in [0.15, 0.2) is 0 Å². The third-order valence-corrected chi connectivity index (χ3v) is 2.13. The standard InChI is InChI=1S/C5H8NO2P/c7-5-3-1-2-4-6(5)9-8/h1-4H2/p+1. The highest BCUT2D eigenvalue weighted by molar-refractivity contribution is 7.21. The van der Waals surface area contributed by atoms with E-state index in [1.165, 1.54) is 4.67 Å². The maximum Gasteiger partial charge on any atom is 0.451 e. The van der Waals surface area contributed by atoms with Gasteiger partial charge in [-0.1, -0.05) is 0 Å². The van der Waals surface area contributed by atoms with E-state index in [0.29, 0.717) is 13.0 Å². The molecule has 1 amide bonds. The van der Waals surface area contributed by atoms with Crippen molar-refractivity contribution in [2.75, 3.05) is 6.54 Å². The Bertz CT molecular complexity index is 137. The molecule has 50 valence electrons. The van der Waals surface area contributed by atoms with Crippen molar-refractivity contribution in [3.63, 3.8) is 0 Å². The topological polar surface area (TPSA) is 37.4 Å². The van der Waals surface area contributed by atoms with Gasteiger partial charge >= 0.3 is 8.61 Å². The average molecular weight is 146 g/mol. The summed E-state index contributed by atoms with van der Waals surface area (Å²) in [6, 6.07) is 0. The van der Waals surface area contributed by atoms with Gasteiger partial charge in [-0.25, -0.2) is 0 Å². The van der Waals surface area contributed by atoms with Crippen molar-refractivity contribution in [3.8, 4) is 0 Å². The van der Waals surface area contributed by atoms with Crippen LogP contribution in [0.1, 0.15) is 19.3 Å². The van der Waals surface area contributed by atoms with Gasteiger partial charge in [-0.2, -0.15) is 0 Å². The Hall–Kier alpha value is -0.430. The Labute approximate surface area is 55.3 Å². The second kappa shape index (κ2) is 2.92. The molecule has 0 aromatic carbocycles. The van der Waals surface area contributed by atoms with Crippen LogP contribution in [-0.4, -0.2) is 17.1 Å². The number of carbonyl (C=O) groups is 1. The molecule has 0 aromatic rings. The van der Waals surface area contributed by atoms with Crippen molar-refractivity contribution in [3.05, 3.63) is 0 Å². The van der Waals surface area contributed by atoms with Gasteiger partial charge in [-0.15, -0.1) is 4.67 Å². The van der Waals surface area contributed by atoms with Crippen molar-refractivity contribution in [2.24, 2.45) is 0 Å². The lowest BCUT2D eigenvalue weighted by molar-refractivity contribution is -0.127. The molecule has 1 aliphatic heterocycles. The smallest absolute Gasteiger partial charge is 0.271 e. The molecule has 1 aliphatic rings. The van der Waals surface area contributed by atoms with Crippen molar-refractivity contribution in [1.29, 1.82) is 0 Å². The summed E-state index contributed by atoms with van der Waals surface area (Å²) in [4.78, 5) is 10.8. The third kappa shape index (κ3) is 1.49. The lowest BCUT2D eigenvalue weighted by Gasteiger charge is -2.12. The first-order valence-electron chi connectivity index (χ1n) is 3.03. The monoisotopic (exact) mass is 146 g/mol. The van der Waals surface area contributed by atoms with Crippen LogP contribution < -0.4 is 0 Å². The minimum absolute atomic E-state index is 0.0367. The summed E-state index contributed by atoms with van der Waals surface area (Å²) < 4.78 is 11.6. The molecule has 1 rings (SSSR count). The Morgan fingerprint density at radius 1 is 1.44 bits per heavy atom. The number of nitrogens with zero attached hydrogens (tertiary/aromatic N) is 1. The molecule has 0 bridgehead atoms. The van der Waals surface area contributed by atoms with E-state index in [1.807, 2.05) is 0 Å². The van der Waals surface area contributed by atoms with E-state index >= 15 is 0 Å². The summed E-state index contributed by atoms with van der Waals surface area (Å²) in [5.41, 5.74) is 0. The molecular weight excluding hydrogens is 137 g/mol. The molecule has 0 aromatic heterocycles. The molecule has 0 aliphatic carbocycles. The van der Waals surface area contributed by atoms with Crippen LogP contribution in [0.15, 0.2) is 0 Å².